The summed E-state index contributed by atoms with van der Waals surface area (Å²) in [6, 6.07) is 0. The molecular weight excluding hydrogens is 278 g/mol. The number of nitrogens with zero attached hydrogens (tertiary/aromatic N) is 3. The Hall–Kier alpha value is -0.720. The van der Waals surface area contributed by atoms with Crippen LogP contribution in [-0.2, 0) is 6.54 Å². The monoisotopic (exact) mass is 287 g/mol. The zero-order valence-corrected chi connectivity index (χ0v) is 10.5. The Morgan fingerprint density at radius 1 is 1.60 bits per heavy atom. The molecule has 1 unspecified atom stereocenters. The molecule has 0 aromatic carbocycles. The maximum atomic E-state index is 10.1. The Kier molecular flexibility index (Phi) is 3.18. The molecule has 2 heterocycles. The molecular formula is C9H10BrN3OS. The topological polar surface area (TPSA) is 50.9 Å². The molecule has 0 aliphatic heterocycles. The van der Waals surface area contributed by atoms with Gasteiger partial charge < -0.3 is 5.11 Å². The number of aliphatic hydroxyl groups is 1. The molecule has 0 saturated carbocycles. The van der Waals surface area contributed by atoms with E-state index in [4.69, 9.17) is 0 Å². The molecule has 0 fully saturated rings. The Labute approximate surface area is 99.7 Å². The van der Waals surface area contributed by atoms with Gasteiger partial charge in [-0.3, -0.25) is 9.67 Å². The van der Waals surface area contributed by atoms with E-state index in [1.807, 2.05) is 6.92 Å². The number of aliphatic hydroxyl groups excluding tert-OH is 1. The van der Waals surface area contributed by atoms with Crippen LogP contribution in [0.3, 0.4) is 0 Å². The predicted molar refractivity (Wildman–Crippen MR) is 61.8 cm³/mol. The second kappa shape index (κ2) is 4.42. The fraction of sp³-hybridized carbons (Fsp3) is 0.333. The molecule has 4 nitrogen and oxygen atoms in total. The summed E-state index contributed by atoms with van der Waals surface area (Å²) in [6.07, 6.45) is 2.71. The van der Waals surface area contributed by atoms with Gasteiger partial charge in [-0.1, -0.05) is 0 Å². The fourth-order valence-electron chi connectivity index (χ4n) is 1.39. The molecule has 0 radical (unpaired) electrons. The molecule has 2 rings (SSSR count). The number of halogens is 1. The van der Waals surface area contributed by atoms with Crippen molar-refractivity contribution in [2.75, 3.05) is 0 Å². The summed E-state index contributed by atoms with van der Waals surface area (Å²) in [7, 11) is 0. The van der Waals surface area contributed by atoms with Crippen molar-refractivity contribution in [3.8, 4) is 0 Å². The quantitative estimate of drug-likeness (QED) is 0.942. The van der Waals surface area contributed by atoms with Crippen LogP contribution in [0.2, 0.25) is 0 Å². The van der Waals surface area contributed by atoms with Gasteiger partial charge >= 0.3 is 0 Å². The molecule has 1 atom stereocenters. The highest BCUT2D eigenvalue weighted by atomic mass is 79.9. The molecule has 0 saturated heterocycles. The lowest BCUT2D eigenvalue weighted by Crippen LogP contribution is -2.08. The summed E-state index contributed by atoms with van der Waals surface area (Å²) >= 11 is 4.82. The number of aromatic nitrogens is 3. The van der Waals surface area contributed by atoms with Gasteiger partial charge in [-0.25, -0.2) is 0 Å². The highest BCUT2D eigenvalue weighted by Crippen LogP contribution is 2.30. The lowest BCUT2D eigenvalue weighted by molar-refractivity contribution is 0.210. The summed E-state index contributed by atoms with van der Waals surface area (Å²) in [6.45, 7) is 2.72. The van der Waals surface area contributed by atoms with Crippen LogP contribution in [0.1, 0.15) is 23.6 Å². The summed E-state index contributed by atoms with van der Waals surface area (Å²) < 4.78 is 2.60. The van der Waals surface area contributed by atoms with E-state index < -0.39 is 6.10 Å². The van der Waals surface area contributed by atoms with E-state index in [1.165, 1.54) is 11.3 Å². The summed E-state index contributed by atoms with van der Waals surface area (Å²) in [5, 5.41) is 14.3. The normalized spacial score (nSPS) is 13.0. The molecule has 80 valence electrons. The zero-order chi connectivity index (χ0) is 10.8. The second-order valence-electron chi connectivity index (χ2n) is 3.00. The van der Waals surface area contributed by atoms with Crippen molar-refractivity contribution >= 4 is 27.3 Å². The summed E-state index contributed by atoms with van der Waals surface area (Å²) in [5.74, 6) is 0. The third kappa shape index (κ3) is 1.97. The third-order valence-electron chi connectivity index (χ3n) is 2.11. The Bertz CT molecular complexity index is 440. The largest absolute Gasteiger partial charge is 0.381 e. The molecule has 0 bridgehead atoms. The van der Waals surface area contributed by atoms with Crippen molar-refractivity contribution in [1.82, 2.24) is 14.8 Å². The number of rotatable bonds is 3. The van der Waals surface area contributed by atoms with Crippen LogP contribution in [0.25, 0.3) is 0 Å². The van der Waals surface area contributed by atoms with E-state index in [0.717, 1.165) is 21.6 Å². The van der Waals surface area contributed by atoms with Gasteiger partial charge in [-0.15, -0.1) is 11.3 Å². The van der Waals surface area contributed by atoms with E-state index in [0.29, 0.717) is 0 Å². The van der Waals surface area contributed by atoms with Gasteiger partial charge in [0.2, 0.25) is 0 Å². The standard InChI is InChI=1S/C9H10BrN3OS/c1-2-13-8(6(10)3-12-13)9(14)7-4-11-5-15-7/h3-5,9,14H,2H2,1H3. The van der Waals surface area contributed by atoms with E-state index in [1.54, 1.807) is 22.6 Å². The second-order valence-corrected chi connectivity index (χ2v) is 4.77. The maximum Gasteiger partial charge on any atom is 0.132 e. The molecule has 2 aromatic heterocycles. The minimum Gasteiger partial charge on any atom is -0.381 e. The van der Waals surface area contributed by atoms with Crippen LogP contribution in [0.4, 0.5) is 0 Å². The van der Waals surface area contributed by atoms with Crippen LogP contribution >= 0.6 is 27.3 Å². The Balaban J connectivity index is 2.40. The average Bonchev–Trinajstić information content (AvgIpc) is 2.85. The van der Waals surface area contributed by atoms with Gasteiger partial charge in [0.15, 0.2) is 0 Å². The number of hydrogen-bond donors (Lipinski definition) is 1. The molecule has 15 heavy (non-hydrogen) atoms. The van der Waals surface area contributed by atoms with E-state index in [-0.39, 0.29) is 0 Å². The lowest BCUT2D eigenvalue weighted by Gasteiger charge is -2.10. The van der Waals surface area contributed by atoms with Crippen molar-refractivity contribution in [2.45, 2.75) is 19.6 Å². The number of hydrogen-bond acceptors (Lipinski definition) is 4. The molecule has 2 aromatic rings. The first-order valence-corrected chi connectivity index (χ1v) is 6.19. The van der Waals surface area contributed by atoms with Gasteiger partial charge in [-0.2, -0.15) is 5.10 Å². The minimum absolute atomic E-state index is 0.658. The Morgan fingerprint density at radius 2 is 2.40 bits per heavy atom. The smallest absolute Gasteiger partial charge is 0.132 e. The molecule has 1 N–H and O–H groups in total. The van der Waals surface area contributed by atoms with Crippen molar-refractivity contribution in [1.29, 1.82) is 0 Å². The van der Waals surface area contributed by atoms with Crippen LogP contribution < -0.4 is 0 Å². The van der Waals surface area contributed by atoms with Gasteiger partial charge in [-0.05, 0) is 22.9 Å². The summed E-state index contributed by atoms with van der Waals surface area (Å²) in [4.78, 5) is 4.78. The zero-order valence-electron chi connectivity index (χ0n) is 8.09. The van der Waals surface area contributed by atoms with Gasteiger partial charge in [0, 0.05) is 12.7 Å². The Morgan fingerprint density at radius 3 is 3.00 bits per heavy atom. The number of aryl methyl sites for hydroxylation is 1. The van der Waals surface area contributed by atoms with E-state index >= 15 is 0 Å². The lowest BCUT2D eigenvalue weighted by atomic mass is 10.2. The molecule has 0 aliphatic rings. The van der Waals surface area contributed by atoms with Crippen molar-refractivity contribution in [2.24, 2.45) is 0 Å². The van der Waals surface area contributed by atoms with Crippen LogP contribution in [0, 0.1) is 0 Å². The van der Waals surface area contributed by atoms with Crippen LogP contribution in [-0.4, -0.2) is 19.9 Å². The maximum absolute atomic E-state index is 10.1. The molecule has 0 spiro atoms. The minimum atomic E-state index is -0.658. The van der Waals surface area contributed by atoms with Gasteiger partial charge in [0.1, 0.15) is 6.10 Å². The van der Waals surface area contributed by atoms with Crippen LogP contribution in [0.5, 0.6) is 0 Å². The highest BCUT2D eigenvalue weighted by molar-refractivity contribution is 9.10. The molecule has 6 heteroatoms. The molecule has 0 aliphatic carbocycles. The fourth-order valence-corrected chi connectivity index (χ4v) is 2.51. The molecule has 0 amide bonds. The average molecular weight is 288 g/mol. The number of thiazole rings is 1. The SMILES string of the molecule is CCn1ncc(Br)c1C(O)c1cncs1. The first-order valence-electron chi connectivity index (χ1n) is 4.51. The van der Waals surface area contributed by atoms with Crippen molar-refractivity contribution in [3.63, 3.8) is 0 Å². The van der Waals surface area contributed by atoms with E-state index in [9.17, 15) is 5.11 Å². The summed E-state index contributed by atoms with van der Waals surface area (Å²) in [5.41, 5.74) is 2.49. The predicted octanol–water partition coefficient (Wildman–Crippen LogP) is 2.20. The third-order valence-corrected chi connectivity index (χ3v) is 3.55. The van der Waals surface area contributed by atoms with Gasteiger partial charge in [0.25, 0.3) is 0 Å². The van der Waals surface area contributed by atoms with Crippen LogP contribution in [0.15, 0.2) is 22.4 Å². The van der Waals surface area contributed by atoms with Crippen molar-refractivity contribution < 1.29 is 5.11 Å². The first-order chi connectivity index (χ1) is 7.24. The first kappa shape index (κ1) is 10.8. The highest BCUT2D eigenvalue weighted by Gasteiger charge is 2.19. The van der Waals surface area contributed by atoms with Crippen molar-refractivity contribution in [3.05, 3.63) is 32.9 Å². The van der Waals surface area contributed by atoms with E-state index in [2.05, 4.69) is 26.0 Å². The van der Waals surface area contributed by atoms with Gasteiger partial charge in [0.05, 0.1) is 26.8 Å².